The van der Waals surface area contributed by atoms with E-state index >= 15 is 0 Å². The predicted molar refractivity (Wildman–Crippen MR) is 108 cm³/mol. The highest BCUT2D eigenvalue weighted by molar-refractivity contribution is 7.99. The highest BCUT2D eigenvalue weighted by Gasteiger charge is 2.34. The molecule has 4 rings (SSSR count). The maximum Gasteiger partial charge on any atom is 0.433 e. The van der Waals surface area contributed by atoms with Gasteiger partial charge in [-0.2, -0.15) is 13.2 Å². The van der Waals surface area contributed by atoms with Crippen molar-refractivity contribution >= 4 is 34.7 Å². The molecular weight excluding hydrogens is 419 g/mol. The van der Waals surface area contributed by atoms with Crippen LogP contribution in [0.3, 0.4) is 0 Å². The zero-order valence-electron chi connectivity index (χ0n) is 15.3. The van der Waals surface area contributed by atoms with Gasteiger partial charge in [0.25, 0.3) is 0 Å². The van der Waals surface area contributed by atoms with E-state index in [1.807, 2.05) is 31.2 Å². The first-order chi connectivity index (χ1) is 13.8. The number of thioether (sulfide) groups is 1. The van der Waals surface area contributed by atoms with E-state index in [0.717, 1.165) is 35.5 Å². The molecule has 3 aromatic rings. The Morgan fingerprint density at radius 2 is 2.03 bits per heavy atom. The van der Waals surface area contributed by atoms with Crippen LogP contribution >= 0.6 is 23.1 Å². The summed E-state index contributed by atoms with van der Waals surface area (Å²) in [6, 6.07) is 12.1. The Bertz CT molecular complexity index is 1040. The van der Waals surface area contributed by atoms with Crippen molar-refractivity contribution in [2.24, 2.45) is 0 Å². The van der Waals surface area contributed by atoms with Crippen molar-refractivity contribution in [3.63, 3.8) is 0 Å². The van der Waals surface area contributed by atoms with Gasteiger partial charge in [-0.3, -0.25) is 4.79 Å². The minimum Gasteiger partial charge on any atom is -0.308 e. The largest absolute Gasteiger partial charge is 0.433 e. The molecule has 0 bridgehead atoms. The molecule has 150 valence electrons. The van der Waals surface area contributed by atoms with Crippen molar-refractivity contribution < 1.29 is 18.0 Å². The van der Waals surface area contributed by atoms with Crippen molar-refractivity contribution in [3.05, 3.63) is 59.1 Å². The summed E-state index contributed by atoms with van der Waals surface area (Å²) in [5, 5.41) is 1.71. The van der Waals surface area contributed by atoms with E-state index in [0.29, 0.717) is 4.88 Å². The molecule has 0 fully saturated rings. The number of amides is 1. The van der Waals surface area contributed by atoms with Gasteiger partial charge in [0.1, 0.15) is 5.69 Å². The van der Waals surface area contributed by atoms with Crippen molar-refractivity contribution in [2.45, 2.75) is 30.7 Å². The number of carbonyl (C=O) groups excluding carboxylic acids is 1. The number of nitrogens with zero attached hydrogens (tertiary/aromatic N) is 3. The Balaban J connectivity index is 1.57. The molecule has 0 saturated heterocycles. The smallest absolute Gasteiger partial charge is 0.308 e. The lowest BCUT2D eigenvalue weighted by atomic mass is 10.1. The zero-order valence-corrected chi connectivity index (χ0v) is 16.9. The highest BCUT2D eigenvalue weighted by Crippen LogP contribution is 2.35. The van der Waals surface area contributed by atoms with E-state index in [1.165, 1.54) is 11.3 Å². The lowest BCUT2D eigenvalue weighted by Gasteiger charge is -2.22. The molecule has 3 heterocycles. The van der Waals surface area contributed by atoms with Crippen LogP contribution in [0.2, 0.25) is 0 Å². The van der Waals surface area contributed by atoms with Gasteiger partial charge in [-0.25, -0.2) is 9.97 Å². The number of hydrogen-bond donors (Lipinski definition) is 0. The van der Waals surface area contributed by atoms with Crippen molar-refractivity contribution in [1.82, 2.24) is 9.97 Å². The number of hydrogen-bond acceptors (Lipinski definition) is 5. The molecule has 1 atom stereocenters. The molecule has 4 nitrogen and oxygen atoms in total. The van der Waals surface area contributed by atoms with E-state index in [9.17, 15) is 18.0 Å². The molecule has 1 aromatic carbocycles. The maximum atomic E-state index is 13.3. The van der Waals surface area contributed by atoms with E-state index in [1.54, 1.807) is 22.4 Å². The van der Waals surface area contributed by atoms with Crippen LogP contribution in [-0.2, 0) is 17.4 Å². The van der Waals surface area contributed by atoms with Crippen LogP contribution in [0.5, 0.6) is 0 Å². The van der Waals surface area contributed by atoms with Gasteiger partial charge in [0.2, 0.25) is 5.91 Å². The second kappa shape index (κ2) is 7.79. The summed E-state index contributed by atoms with van der Waals surface area (Å²) in [6.45, 7) is 1.96. The molecule has 0 N–H and O–H groups in total. The first-order valence-electron chi connectivity index (χ1n) is 8.86. The number of thiophene rings is 1. The van der Waals surface area contributed by atoms with E-state index in [4.69, 9.17) is 0 Å². The van der Waals surface area contributed by atoms with Gasteiger partial charge >= 0.3 is 6.18 Å². The molecule has 9 heteroatoms. The minimum absolute atomic E-state index is 0.00427. The molecule has 0 saturated carbocycles. The van der Waals surface area contributed by atoms with Gasteiger partial charge < -0.3 is 4.90 Å². The van der Waals surface area contributed by atoms with Gasteiger partial charge in [0.15, 0.2) is 5.16 Å². The zero-order chi connectivity index (χ0) is 20.6. The fourth-order valence-electron chi connectivity index (χ4n) is 3.33. The number of rotatable bonds is 4. The van der Waals surface area contributed by atoms with Crippen LogP contribution < -0.4 is 4.90 Å². The van der Waals surface area contributed by atoms with Crippen LogP contribution in [0.25, 0.3) is 10.6 Å². The van der Waals surface area contributed by atoms with E-state index in [2.05, 4.69) is 9.97 Å². The van der Waals surface area contributed by atoms with Crippen LogP contribution in [0.15, 0.2) is 53.0 Å². The number of alkyl halides is 3. The van der Waals surface area contributed by atoms with Gasteiger partial charge in [-0.05, 0) is 42.5 Å². The monoisotopic (exact) mass is 435 g/mol. The lowest BCUT2D eigenvalue weighted by Crippen LogP contribution is -2.37. The Labute approximate surface area is 173 Å². The van der Waals surface area contributed by atoms with Crippen LogP contribution in [0, 0.1) is 0 Å². The molecule has 1 amide bonds. The molecule has 1 aliphatic heterocycles. The van der Waals surface area contributed by atoms with Crippen LogP contribution in [-0.4, -0.2) is 27.7 Å². The summed E-state index contributed by atoms with van der Waals surface area (Å²) in [7, 11) is 0. The maximum absolute atomic E-state index is 13.3. The number of aromatic nitrogens is 2. The summed E-state index contributed by atoms with van der Waals surface area (Å²) < 4.78 is 39.8. The third-order valence-electron chi connectivity index (χ3n) is 4.57. The minimum atomic E-state index is -4.59. The Morgan fingerprint density at radius 1 is 1.24 bits per heavy atom. The van der Waals surface area contributed by atoms with Crippen LogP contribution in [0.1, 0.15) is 18.2 Å². The number of halogens is 3. The molecule has 2 aromatic heterocycles. The summed E-state index contributed by atoms with van der Waals surface area (Å²) in [5.41, 5.74) is 1.14. The first-order valence-corrected chi connectivity index (χ1v) is 10.7. The summed E-state index contributed by atoms with van der Waals surface area (Å²) in [6.07, 6.45) is -3.83. The number of carbonyl (C=O) groups is 1. The van der Waals surface area contributed by atoms with Gasteiger partial charge in [-0.15, -0.1) is 11.3 Å². The molecule has 1 unspecified atom stereocenters. The second-order valence-electron chi connectivity index (χ2n) is 6.63. The summed E-state index contributed by atoms with van der Waals surface area (Å²) in [4.78, 5) is 23.0. The third kappa shape index (κ3) is 4.16. The van der Waals surface area contributed by atoms with Crippen LogP contribution in [0.4, 0.5) is 18.9 Å². The normalized spacial score (nSPS) is 16.1. The van der Waals surface area contributed by atoms with Crippen molar-refractivity contribution in [1.29, 1.82) is 0 Å². The fraction of sp³-hybridized carbons (Fsp3) is 0.250. The number of anilines is 1. The molecular formula is C20H16F3N3OS2. The van der Waals surface area contributed by atoms with Gasteiger partial charge in [-0.1, -0.05) is 36.0 Å². The Kier molecular flexibility index (Phi) is 5.35. The number of fused-ring (bicyclic) bond motifs is 1. The average Bonchev–Trinajstić information content (AvgIpc) is 3.32. The van der Waals surface area contributed by atoms with E-state index in [-0.39, 0.29) is 28.6 Å². The quantitative estimate of drug-likeness (QED) is 0.412. The standard InChI is InChI=1S/C20H16F3N3OS2/c1-12-9-13-5-2-3-6-15(13)26(12)18(27)11-29-19-24-14(16-7-4-8-28-16)10-17(25-19)20(21,22)23/h2-8,10,12H,9,11H2,1H3. The van der Waals surface area contributed by atoms with Gasteiger partial charge in [0, 0.05) is 11.7 Å². The number of benzene rings is 1. The summed E-state index contributed by atoms with van der Waals surface area (Å²) in [5.74, 6) is -0.213. The predicted octanol–water partition coefficient (Wildman–Crippen LogP) is 5.29. The Morgan fingerprint density at radius 3 is 2.76 bits per heavy atom. The molecule has 0 radical (unpaired) electrons. The molecule has 0 aliphatic carbocycles. The molecule has 0 spiro atoms. The Hall–Kier alpha value is -2.39. The lowest BCUT2D eigenvalue weighted by molar-refractivity contribution is -0.141. The molecule has 1 aliphatic rings. The third-order valence-corrected chi connectivity index (χ3v) is 6.29. The molecule has 29 heavy (non-hydrogen) atoms. The highest BCUT2D eigenvalue weighted by atomic mass is 32.2. The fourth-order valence-corrected chi connectivity index (χ4v) is 4.73. The average molecular weight is 435 g/mol. The SMILES string of the molecule is CC1Cc2ccccc2N1C(=O)CSc1nc(-c2cccs2)cc(C(F)(F)F)n1. The van der Waals surface area contributed by atoms with Crippen molar-refractivity contribution in [3.8, 4) is 10.6 Å². The van der Waals surface area contributed by atoms with Crippen molar-refractivity contribution in [2.75, 3.05) is 10.7 Å². The summed E-state index contributed by atoms with van der Waals surface area (Å²) >= 11 is 2.22. The second-order valence-corrected chi connectivity index (χ2v) is 8.52. The van der Waals surface area contributed by atoms with E-state index < -0.39 is 11.9 Å². The first kappa shape index (κ1) is 19.9. The number of para-hydroxylation sites is 1. The van der Waals surface area contributed by atoms with Gasteiger partial charge in [0.05, 0.1) is 16.3 Å². The topological polar surface area (TPSA) is 46.1 Å².